The first kappa shape index (κ1) is 12.2. The molecular formula is C12H20O3. The van der Waals surface area contributed by atoms with Crippen molar-refractivity contribution in [2.45, 2.75) is 51.9 Å². The summed E-state index contributed by atoms with van der Waals surface area (Å²) in [4.78, 5) is 22.4. The third-order valence-corrected chi connectivity index (χ3v) is 3.29. The molecule has 3 nitrogen and oxygen atoms in total. The van der Waals surface area contributed by atoms with Crippen molar-refractivity contribution >= 4 is 11.8 Å². The lowest BCUT2D eigenvalue weighted by Crippen LogP contribution is -2.22. The maximum atomic E-state index is 11.5. The normalized spacial score (nSPS) is 25.8. The van der Waals surface area contributed by atoms with Gasteiger partial charge >= 0.3 is 5.97 Å². The fourth-order valence-corrected chi connectivity index (χ4v) is 2.36. The molecule has 0 aromatic heterocycles. The molecule has 2 unspecified atom stereocenters. The molecule has 3 heteroatoms. The van der Waals surface area contributed by atoms with Crippen LogP contribution in [0.25, 0.3) is 0 Å². The van der Waals surface area contributed by atoms with Gasteiger partial charge in [-0.2, -0.15) is 0 Å². The van der Waals surface area contributed by atoms with E-state index < -0.39 is 11.9 Å². The molecule has 0 aliphatic heterocycles. The summed E-state index contributed by atoms with van der Waals surface area (Å²) in [7, 11) is 0. The molecular weight excluding hydrogens is 192 g/mol. The van der Waals surface area contributed by atoms with Crippen molar-refractivity contribution < 1.29 is 14.7 Å². The summed E-state index contributed by atoms with van der Waals surface area (Å²) < 4.78 is 0. The molecule has 1 saturated carbocycles. The Morgan fingerprint density at radius 2 is 2.13 bits per heavy atom. The minimum atomic E-state index is -0.790. The highest BCUT2D eigenvalue weighted by Crippen LogP contribution is 2.32. The van der Waals surface area contributed by atoms with Gasteiger partial charge in [-0.3, -0.25) is 9.59 Å². The minimum absolute atomic E-state index is 0.166. The van der Waals surface area contributed by atoms with E-state index >= 15 is 0 Å². The molecule has 2 atom stereocenters. The van der Waals surface area contributed by atoms with Crippen LogP contribution in [0.4, 0.5) is 0 Å². The van der Waals surface area contributed by atoms with Crippen LogP contribution in [0, 0.1) is 11.8 Å². The van der Waals surface area contributed by atoms with E-state index in [0.717, 1.165) is 19.3 Å². The van der Waals surface area contributed by atoms with E-state index in [9.17, 15) is 9.59 Å². The fraction of sp³-hybridized carbons (Fsp3) is 0.833. The predicted molar refractivity (Wildman–Crippen MR) is 57.6 cm³/mol. The number of hydrogen-bond acceptors (Lipinski definition) is 2. The van der Waals surface area contributed by atoms with E-state index in [4.69, 9.17) is 5.11 Å². The second-order valence-corrected chi connectivity index (χ2v) is 4.41. The largest absolute Gasteiger partial charge is 0.481 e. The lowest BCUT2D eigenvalue weighted by molar-refractivity contribution is -0.144. The third kappa shape index (κ3) is 3.33. The minimum Gasteiger partial charge on any atom is -0.481 e. The molecule has 0 aromatic carbocycles. The molecule has 86 valence electrons. The Kier molecular flexibility index (Phi) is 4.79. The van der Waals surface area contributed by atoms with Crippen LogP contribution in [0.3, 0.4) is 0 Å². The van der Waals surface area contributed by atoms with Crippen LogP contribution >= 0.6 is 0 Å². The van der Waals surface area contributed by atoms with Gasteiger partial charge in [0, 0.05) is 12.3 Å². The van der Waals surface area contributed by atoms with Gasteiger partial charge in [0.1, 0.15) is 5.78 Å². The lowest BCUT2D eigenvalue weighted by Gasteiger charge is -2.13. The van der Waals surface area contributed by atoms with E-state index in [1.54, 1.807) is 0 Å². The highest BCUT2D eigenvalue weighted by atomic mass is 16.4. The lowest BCUT2D eigenvalue weighted by atomic mass is 9.90. The highest BCUT2D eigenvalue weighted by Gasteiger charge is 2.38. The number of carboxylic acid groups (broad SMARTS) is 1. The highest BCUT2D eigenvalue weighted by molar-refractivity contribution is 5.89. The zero-order chi connectivity index (χ0) is 11.3. The smallest absolute Gasteiger partial charge is 0.307 e. The number of Topliss-reactive ketones (excluding diaryl/α,β-unsaturated/α-hetero) is 1. The zero-order valence-corrected chi connectivity index (χ0v) is 9.37. The van der Waals surface area contributed by atoms with E-state index in [1.165, 1.54) is 12.8 Å². The Hall–Kier alpha value is -0.860. The molecule has 1 N–H and O–H groups in total. The van der Waals surface area contributed by atoms with Crippen molar-refractivity contribution in [1.29, 1.82) is 0 Å². The van der Waals surface area contributed by atoms with Gasteiger partial charge in [-0.15, -0.1) is 0 Å². The molecule has 0 spiro atoms. The average molecular weight is 212 g/mol. The average Bonchev–Trinajstić information content (AvgIpc) is 2.55. The van der Waals surface area contributed by atoms with E-state index in [0.29, 0.717) is 12.8 Å². The summed E-state index contributed by atoms with van der Waals surface area (Å²) >= 11 is 0. The Labute approximate surface area is 90.9 Å². The first-order valence-corrected chi connectivity index (χ1v) is 5.92. The third-order valence-electron chi connectivity index (χ3n) is 3.29. The van der Waals surface area contributed by atoms with Gasteiger partial charge in [-0.1, -0.05) is 32.6 Å². The topological polar surface area (TPSA) is 54.4 Å². The fourth-order valence-electron chi connectivity index (χ4n) is 2.36. The van der Waals surface area contributed by atoms with Crippen molar-refractivity contribution in [1.82, 2.24) is 0 Å². The number of carbonyl (C=O) groups excluding carboxylic acids is 1. The van der Waals surface area contributed by atoms with Crippen LogP contribution in [0.15, 0.2) is 0 Å². The SMILES string of the molecule is CCCCCCC1C(=O)CCC1C(=O)O. The number of hydrogen-bond donors (Lipinski definition) is 1. The Morgan fingerprint density at radius 3 is 2.73 bits per heavy atom. The van der Waals surface area contributed by atoms with Crippen LogP contribution in [0.1, 0.15) is 51.9 Å². The van der Waals surface area contributed by atoms with Crippen LogP contribution < -0.4 is 0 Å². The van der Waals surface area contributed by atoms with Gasteiger partial charge < -0.3 is 5.11 Å². The van der Waals surface area contributed by atoms with Crippen molar-refractivity contribution in [3.05, 3.63) is 0 Å². The van der Waals surface area contributed by atoms with E-state index in [-0.39, 0.29) is 11.7 Å². The maximum Gasteiger partial charge on any atom is 0.307 e. The molecule has 0 radical (unpaired) electrons. The Bertz CT molecular complexity index is 235. The molecule has 0 aromatic rings. The molecule has 1 aliphatic rings. The number of unbranched alkanes of at least 4 members (excludes halogenated alkanes) is 3. The zero-order valence-electron chi connectivity index (χ0n) is 9.37. The monoisotopic (exact) mass is 212 g/mol. The molecule has 0 saturated heterocycles. The van der Waals surface area contributed by atoms with Crippen LogP contribution in [-0.4, -0.2) is 16.9 Å². The predicted octanol–water partition coefficient (Wildman–Crippen LogP) is 2.64. The first-order valence-electron chi connectivity index (χ1n) is 5.92. The van der Waals surface area contributed by atoms with Crippen LogP contribution in [-0.2, 0) is 9.59 Å². The van der Waals surface area contributed by atoms with Crippen molar-refractivity contribution in [2.24, 2.45) is 11.8 Å². The van der Waals surface area contributed by atoms with Gasteiger partial charge in [0.2, 0.25) is 0 Å². The number of rotatable bonds is 6. The molecule has 0 bridgehead atoms. The Balaban J connectivity index is 2.36. The maximum absolute atomic E-state index is 11.5. The summed E-state index contributed by atoms with van der Waals surface area (Å²) in [6.07, 6.45) is 6.25. The molecule has 1 fully saturated rings. The second kappa shape index (κ2) is 5.89. The number of aliphatic carboxylic acids is 1. The van der Waals surface area contributed by atoms with Crippen LogP contribution in [0.5, 0.6) is 0 Å². The van der Waals surface area contributed by atoms with E-state index in [1.807, 2.05) is 0 Å². The second-order valence-electron chi connectivity index (χ2n) is 4.41. The van der Waals surface area contributed by atoms with Crippen LogP contribution in [0.2, 0.25) is 0 Å². The molecule has 1 aliphatic carbocycles. The molecule has 15 heavy (non-hydrogen) atoms. The summed E-state index contributed by atoms with van der Waals surface area (Å²) in [5, 5.41) is 8.95. The van der Waals surface area contributed by atoms with Crippen molar-refractivity contribution in [3.8, 4) is 0 Å². The summed E-state index contributed by atoms with van der Waals surface area (Å²) in [5.41, 5.74) is 0. The molecule has 0 heterocycles. The summed E-state index contributed by atoms with van der Waals surface area (Å²) in [6.45, 7) is 2.14. The van der Waals surface area contributed by atoms with Gasteiger partial charge in [-0.25, -0.2) is 0 Å². The quantitative estimate of drug-likeness (QED) is 0.688. The standard InChI is InChI=1S/C12H20O3/c1-2-3-4-5-6-9-10(12(14)15)7-8-11(9)13/h9-10H,2-8H2,1H3,(H,14,15). The number of carbonyl (C=O) groups is 2. The first-order chi connectivity index (χ1) is 7.16. The number of carboxylic acids is 1. The van der Waals surface area contributed by atoms with Gasteiger partial charge in [-0.05, 0) is 12.8 Å². The molecule has 0 amide bonds. The summed E-state index contributed by atoms with van der Waals surface area (Å²) in [6, 6.07) is 0. The summed E-state index contributed by atoms with van der Waals surface area (Å²) in [5.74, 6) is -1.22. The molecule has 1 rings (SSSR count). The van der Waals surface area contributed by atoms with Gasteiger partial charge in [0.25, 0.3) is 0 Å². The number of ketones is 1. The van der Waals surface area contributed by atoms with Crippen molar-refractivity contribution in [2.75, 3.05) is 0 Å². The van der Waals surface area contributed by atoms with Gasteiger partial charge in [0.15, 0.2) is 0 Å². The van der Waals surface area contributed by atoms with Crippen molar-refractivity contribution in [3.63, 3.8) is 0 Å². The van der Waals surface area contributed by atoms with E-state index in [2.05, 4.69) is 6.92 Å². The van der Waals surface area contributed by atoms with Gasteiger partial charge in [0.05, 0.1) is 5.92 Å². The Morgan fingerprint density at radius 1 is 1.40 bits per heavy atom.